The van der Waals surface area contributed by atoms with E-state index in [-0.39, 0.29) is 18.5 Å². The molecule has 82 valence electrons. The van der Waals surface area contributed by atoms with Gasteiger partial charge in [0.2, 0.25) is 0 Å². The van der Waals surface area contributed by atoms with Crippen molar-refractivity contribution >= 4 is 5.97 Å². The molecule has 15 heavy (non-hydrogen) atoms. The highest BCUT2D eigenvalue weighted by Crippen LogP contribution is 2.15. The molecule has 0 aromatic heterocycles. The number of hydrogen-bond acceptors (Lipinski definition) is 2. The minimum Gasteiger partial charge on any atom is -0.481 e. The number of carbonyl (C=O) groups is 1. The van der Waals surface area contributed by atoms with Gasteiger partial charge in [0.25, 0.3) is 0 Å². The maximum Gasteiger partial charge on any atom is 0.308 e. The van der Waals surface area contributed by atoms with Gasteiger partial charge in [0.15, 0.2) is 11.6 Å². The summed E-state index contributed by atoms with van der Waals surface area (Å²) in [7, 11) is 0. The van der Waals surface area contributed by atoms with E-state index >= 15 is 0 Å². The molecule has 0 aliphatic heterocycles. The Balaban J connectivity index is 2.88. The molecule has 0 aliphatic carbocycles. The van der Waals surface area contributed by atoms with Crippen LogP contribution in [0.5, 0.6) is 0 Å². The van der Waals surface area contributed by atoms with Crippen LogP contribution in [0.2, 0.25) is 0 Å². The lowest BCUT2D eigenvalue weighted by atomic mass is 9.99. The molecule has 0 heterocycles. The first-order chi connectivity index (χ1) is 7.06. The lowest BCUT2D eigenvalue weighted by Crippen LogP contribution is -2.25. The van der Waals surface area contributed by atoms with E-state index in [2.05, 4.69) is 0 Å². The Hall–Kier alpha value is -1.49. The summed E-state index contributed by atoms with van der Waals surface area (Å²) in [5.74, 6) is -3.98. The van der Waals surface area contributed by atoms with E-state index in [0.29, 0.717) is 0 Å². The average molecular weight is 215 g/mol. The van der Waals surface area contributed by atoms with Gasteiger partial charge in [0.1, 0.15) is 0 Å². The van der Waals surface area contributed by atoms with Gasteiger partial charge in [-0.05, 0) is 18.1 Å². The Bertz CT molecular complexity index is 368. The van der Waals surface area contributed by atoms with Crippen LogP contribution >= 0.6 is 0 Å². The van der Waals surface area contributed by atoms with Crippen molar-refractivity contribution in [2.45, 2.75) is 6.42 Å². The van der Waals surface area contributed by atoms with Crippen molar-refractivity contribution in [2.24, 2.45) is 11.7 Å². The van der Waals surface area contributed by atoms with Gasteiger partial charge in [-0.1, -0.05) is 12.1 Å². The molecule has 1 atom stereocenters. The third-order valence-electron chi connectivity index (χ3n) is 2.13. The molecule has 1 rings (SSSR count). The van der Waals surface area contributed by atoms with E-state index in [1.165, 1.54) is 12.1 Å². The minimum atomic E-state index is -1.11. The largest absolute Gasteiger partial charge is 0.481 e. The second-order valence-electron chi connectivity index (χ2n) is 3.19. The number of aliphatic carboxylic acids is 1. The summed E-state index contributed by atoms with van der Waals surface area (Å²) < 4.78 is 25.9. The summed E-state index contributed by atoms with van der Waals surface area (Å²) in [4.78, 5) is 10.6. The van der Waals surface area contributed by atoms with Gasteiger partial charge in [-0.15, -0.1) is 0 Å². The summed E-state index contributed by atoms with van der Waals surface area (Å²) in [5, 5.41) is 8.70. The second kappa shape index (κ2) is 4.84. The number of rotatable bonds is 4. The predicted molar refractivity (Wildman–Crippen MR) is 50.2 cm³/mol. The van der Waals surface area contributed by atoms with Gasteiger partial charge >= 0.3 is 5.97 Å². The van der Waals surface area contributed by atoms with Gasteiger partial charge in [0, 0.05) is 6.54 Å². The molecule has 3 N–H and O–H groups in total. The summed E-state index contributed by atoms with van der Waals surface area (Å²) in [6, 6.07) is 3.67. The Kier molecular flexibility index (Phi) is 3.74. The molecule has 0 saturated carbocycles. The first kappa shape index (κ1) is 11.6. The second-order valence-corrected chi connectivity index (χ2v) is 3.19. The standard InChI is InChI=1S/C10H11F2NO2/c11-8-3-1-2-6(9(8)12)4-7(5-13)10(14)15/h1-3,7H,4-5,13H2,(H,14,15). The SMILES string of the molecule is NCC(Cc1cccc(F)c1F)C(=O)O. The van der Waals surface area contributed by atoms with Crippen LogP contribution in [-0.2, 0) is 11.2 Å². The smallest absolute Gasteiger partial charge is 0.308 e. The van der Waals surface area contributed by atoms with Crippen LogP contribution in [0.4, 0.5) is 8.78 Å². The molecule has 0 fully saturated rings. The quantitative estimate of drug-likeness (QED) is 0.792. The summed E-state index contributed by atoms with van der Waals surface area (Å²) in [6.07, 6.45) is -0.102. The van der Waals surface area contributed by atoms with Crippen molar-refractivity contribution in [3.8, 4) is 0 Å². The summed E-state index contributed by atoms with van der Waals surface area (Å²) >= 11 is 0. The lowest BCUT2D eigenvalue weighted by molar-refractivity contribution is -0.141. The molecular formula is C10H11F2NO2. The number of benzene rings is 1. The minimum absolute atomic E-state index is 0.0350. The van der Waals surface area contributed by atoms with Crippen molar-refractivity contribution in [2.75, 3.05) is 6.54 Å². The number of carboxylic acids is 1. The Morgan fingerprint density at radius 1 is 1.47 bits per heavy atom. The molecule has 3 nitrogen and oxygen atoms in total. The molecule has 1 aromatic rings. The number of hydrogen-bond donors (Lipinski definition) is 2. The number of carboxylic acid groups (broad SMARTS) is 1. The van der Waals surface area contributed by atoms with E-state index in [4.69, 9.17) is 10.8 Å². The van der Waals surface area contributed by atoms with Gasteiger partial charge in [0.05, 0.1) is 5.92 Å². The Morgan fingerprint density at radius 2 is 2.13 bits per heavy atom. The maximum absolute atomic E-state index is 13.2. The number of nitrogens with two attached hydrogens (primary N) is 1. The van der Waals surface area contributed by atoms with E-state index in [1.807, 2.05) is 0 Å². The third kappa shape index (κ3) is 2.73. The van der Waals surface area contributed by atoms with Gasteiger partial charge < -0.3 is 10.8 Å². The molecule has 0 saturated heterocycles. The fourth-order valence-electron chi connectivity index (χ4n) is 1.24. The topological polar surface area (TPSA) is 63.3 Å². The lowest BCUT2D eigenvalue weighted by Gasteiger charge is -2.10. The van der Waals surface area contributed by atoms with Crippen LogP contribution in [0, 0.1) is 17.6 Å². The molecule has 0 amide bonds. The van der Waals surface area contributed by atoms with Crippen LogP contribution < -0.4 is 5.73 Å². The zero-order chi connectivity index (χ0) is 11.4. The number of halogens is 2. The molecule has 1 aromatic carbocycles. The molecule has 0 radical (unpaired) electrons. The van der Waals surface area contributed by atoms with Crippen molar-refractivity contribution in [3.63, 3.8) is 0 Å². The zero-order valence-corrected chi connectivity index (χ0v) is 7.91. The van der Waals surface area contributed by atoms with Crippen LogP contribution in [0.15, 0.2) is 18.2 Å². The molecule has 5 heteroatoms. The van der Waals surface area contributed by atoms with E-state index in [9.17, 15) is 13.6 Å². The van der Waals surface area contributed by atoms with Gasteiger partial charge in [-0.3, -0.25) is 4.79 Å². The van der Waals surface area contributed by atoms with Crippen LogP contribution in [-0.4, -0.2) is 17.6 Å². The fraction of sp³-hybridized carbons (Fsp3) is 0.300. The van der Waals surface area contributed by atoms with E-state index < -0.39 is 23.5 Å². The highest BCUT2D eigenvalue weighted by molar-refractivity contribution is 5.70. The highest BCUT2D eigenvalue weighted by Gasteiger charge is 2.18. The van der Waals surface area contributed by atoms with Crippen molar-refractivity contribution in [3.05, 3.63) is 35.4 Å². The molecular weight excluding hydrogens is 204 g/mol. The van der Waals surface area contributed by atoms with Crippen LogP contribution in [0.3, 0.4) is 0 Å². The summed E-state index contributed by atoms with van der Waals surface area (Å²) in [6.45, 7) is -0.106. The molecule has 0 aliphatic rings. The van der Waals surface area contributed by atoms with Gasteiger partial charge in [-0.2, -0.15) is 0 Å². The zero-order valence-electron chi connectivity index (χ0n) is 7.91. The normalized spacial score (nSPS) is 12.5. The van der Waals surface area contributed by atoms with Crippen molar-refractivity contribution in [1.82, 2.24) is 0 Å². The van der Waals surface area contributed by atoms with Gasteiger partial charge in [-0.25, -0.2) is 8.78 Å². The van der Waals surface area contributed by atoms with Crippen LogP contribution in [0.1, 0.15) is 5.56 Å². The Labute approximate surface area is 85.5 Å². The summed E-state index contributed by atoms with van der Waals surface area (Å²) in [5.41, 5.74) is 5.25. The monoisotopic (exact) mass is 215 g/mol. The van der Waals surface area contributed by atoms with Crippen molar-refractivity contribution < 1.29 is 18.7 Å². The van der Waals surface area contributed by atoms with Crippen molar-refractivity contribution in [1.29, 1.82) is 0 Å². The van der Waals surface area contributed by atoms with E-state index in [1.54, 1.807) is 0 Å². The Morgan fingerprint density at radius 3 is 2.67 bits per heavy atom. The molecule has 0 bridgehead atoms. The first-order valence-electron chi connectivity index (χ1n) is 4.42. The predicted octanol–water partition coefficient (Wildman–Crippen LogP) is 1.17. The third-order valence-corrected chi connectivity index (χ3v) is 2.13. The van der Waals surface area contributed by atoms with Crippen LogP contribution in [0.25, 0.3) is 0 Å². The van der Waals surface area contributed by atoms with E-state index in [0.717, 1.165) is 6.07 Å². The molecule has 1 unspecified atom stereocenters. The molecule has 0 spiro atoms. The maximum atomic E-state index is 13.2. The highest BCUT2D eigenvalue weighted by atomic mass is 19.2. The fourth-order valence-corrected chi connectivity index (χ4v) is 1.24. The average Bonchev–Trinajstić information content (AvgIpc) is 2.19. The first-order valence-corrected chi connectivity index (χ1v) is 4.42.